The molecule has 1 aliphatic carbocycles. The van der Waals surface area contributed by atoms with E-state index in [1.165, 1.54) is 16.9 Å². The van der Waals surface area contributed by atoms with Crippen molar-refractivity contribution in [3.63, 3.8) is 0 Å². The Morgan fingerprint density at radius 1 is 1.07 bits per heavy atom. The first-order chi connectivity index (χ1) is 14.8. The molecular weight excluding hydrogens is 396 g/mol. The molecule has 1 N–H and O–H groups in total. The molecule has 2 aromatic carbocycles. The van der Waals surface area contributed by atoms with Gasteiger partial charge < -0.3 is 14.8 Å². The van der Waals surface area contributed by atoms with Crippen LogP contribution < -0.4 is 14.8 Å². The summed E-state index contributed by atoms with van der Waals surface area (Å²) in [5.41, 5.74) is 3.92. The van der Waals surface area contributed by atoms with Gasteiger partial charge in [0.1, 0.15) is 5.00 Å². The minimum Gasteiger partial charge on any atom is -0.454 e. The Labute approximate surface area is 179 Å². The van der Waals surface area contributed by atoms with Crippen LogP contribution in [0.2, 0.25) is 0 Å². The van der Waals surface area contributed by atoms with Crippen LogP contribution in [0.4, 0.5) is 5.00 Å². The normalized spacial score (nSPS) is 14.7. The van der Waals surface area contributed by atoms with E-state index in [-0.39, 0.29) is 12.7 Å². The van der Waals surface area contributed by atoms with E-state index in [9.17, 15) is 4.79 Å². The third-order valence-corrected chi connectivity index (χ3v) is 6.60. The molecule has 0 fully saturated rings. The Balaban J connectivity index is 1.41. The molecule has 2 heterocycles. The molecule has 30 heavy (non-hydrogen) atoms. The second kappa shape index (κ2) is 8.32. The van der Waals surface area contributed by atoms with Gasteiger partial charge in [-0.3, -0.25) is 4.79 Å². The summed E-state index contributed by atoms with van der Waals surface area (Å²) in [4.78, 5) is 19.1. The van der Waals surface area contributed by atoms with Crippen molar-refractivity contribution in [3.8, 4) is 11.5 Å². The Morgan fingerprint density at radius 2 is 1.90 bits per heavy atom. The standard InChI is InChI=1S/C24H22N2O3S/c27-23(25-13-16-6-2-1-3-7-16)22-18-8-4-5-9-21(18)30-24(22)26-14-17-10-11-19-20(12-17)29-15-28-19/h1-3,6-7,10-12,14H,4-5,8-9,13,15H2,(H,25,27). The van der Waals surface area contributed by atoms with Crippen LogP contribution in [0.25, 0.3) is 0 Å². The number of carbonyl (C=O) groups excluding carboxylic acids is 1. The van der Waals surface area contributed by atoms with Gasteiger partial charge in [0.2, 0.25) is 6.79 Å². The molecule has 0 saturated carbocycles. The van der Waals surface area contributed by atoms with Gasteiger partial charge in [0.15, 0.2) is 11.5 Å². The van der Waals surface area contributed by atoms with Gasteiger partial charge in [-0.15, -0.1) is 11.3 Å². The number of carbonyl (C=O) groups is 1. The van der Waals surface area contributed by atoms with E-state index in [1.54, 1.807) is 17.6 Å². The summed E-state index contributed by atoms with van der Waals surface area (Å²) >= 11 is 1.64. The number of hydrogen-bond donors (Lipinski definition) is 1. The molecule has 1 aromatic heterocycles. The number of rotatable bonds is 5. The molecule has 152 valence electrons. The summed E-state index contributed by atoms with van der Waals surface area (Å²) in [7, 11) is 0. The maximum atomic E-state index is 13.1. The van der Waals surface area contributed by atoms with Crippen molar-refractivity contribution in [2.24, 2.45) is 4.99 Å². The summed E-state index contributed by atoms with van der Waals surface area (Å²) in [6.07, 6.45) is 6.06. The van der Waals surface area contributed by atoms with E-state index in [2.05, 4.69) is 5.32 Å². The Morgan fingerprint density at radius 3 is 2.80 bits per heavy atom. The molecule has 3 aromatic rings. The van der Waals surface area contributed by atoms with Gasteiger partial charge in [-0.05, 0) is 60.6 Å². The predicted octanol–water partition coefficient (Wildman–Crippen LogP) is 5.04. The molecule has 5 nitrogen and oxygen atoms in total. The van der Waals surface area contributed by atoms with E-state index in [0.29, 0.717) is 6.54 Å². The Hall–Kier alpha value is -3.12. The lowest BCUT2D eigenvalue weighted by atomic mass is 9.95. The molecule has 0 atom stereocenters. The van der Waals surface area contributed by atoms with Crippen LogP contribution >= 0.6 is 11.3 Å². The monoisotopic (exact) mass is 418 g/mol. The predicted molar refractivity (Wildman–Crippen MR) is 118 cm³/mol. The number of hydrogen-bond acceptors (Lipinski definition) is 5. The number of fused-ring (bicyclic) bond motifs is 2. The fourth-order valence-corrected chi connectivity index (χ4v) is 5.10. The van der Waals surface area contributed by atoms with E-state index in [0.717, 1.165) is 52.5 Å². The average Bonchev–Trinajstić information content (AvgIpc) is 3.40. The first-order valence-electron chi connectivity index (χ1n) is 10.2. The number of thiophene rings is 1. The zero-order chi connectivity index (χ0) is 20.3. The van der Waals surface area contributed by atoms with Crippen molar-refractivity contribution < 1.29 is 14.3 Å². The topological polar surface area (TPSA) is 59.9 Å². The first-order valence-corrected chi connectivity index (χ1v) is 11.0. The maximum Gasteiger partial charge on any atom is 0.254 e. The summed E-state index contributed by atoms with van der Waals surface area (Å²) in [6, 6.07) is 15.7. The van der Waals surface area contributed by atoms with E-state index in [4.69, 9.17) is 14.5 Å². The lowest BCUT2D eigenvalue weighted by Gasteiger charge is -2.12. The zero-order valence-electron chi connectivity index (χ0n) is 16.5. The summed E-state index contributed by atoms with van der Waals surface area (Å²) in [6.45, 7) is 0.759. The lowest BCUT2D eigenvalue weighted by molar-refractivity contribution is 0.0951. The zero-order valence-corrected chi connectivity index (χ0v) is 17.3. The summed E-state index contributed by atoms with van der Waals surface area (Å²) < 4.78 is 10.8. The SMILES string of the molecule is O=C(NCc1ccccc1)c1c(N=Cc2ccc3c(c2)OCO3)sc2c1CCCC2. The fraction of sp³-hybridized carbons (Fsp3) is 0.250. The highest BCUT2D eigenvalue weighted by Crippen LogP contribution is 2.40. The molecule has 0 spiro atoms. The van der Waals surface area contributed by atoms with Crippen molar-refractivity contribution >= 4 is 28.5 Å². The molecule has 0 radical (unpaired) electrons. The maximum absolute atomic E-state index is 13.1. The van der Waals surface area contributed by atoms with Crippen molar-refractivity contribution in [2.75, 3.05) is 6.79 Å². The molecule has 1 aliphatic heterocycles. The number of amides is 1. The van der Waals surface area contributed by atoms with Gasteiger partial charge in [0.05, 0.1) is 5.56 Å². The van der Waals surface area contributed by atoms with Gasteiger partial charge in [-0.25, -0.2) is 4.99 Å². The van der Waals surface area contributed by atoms with Crippen LogP contribution in [-0.4, -0.2) is 18.9 Å². The number of aryl methyl sites for hydroxylation is 1. The Kier molecular flexibility index (Phi) is 5.24. The molecular formula is C24H22N2O3S. The van der Waals surface area contributed by atoms with Crippen molar-refractivity contribution in [1.29, 1.82) is 0 Å². The number of nitrogens with zero attached hydrogens (tertiary/aromatic N) is 1. The van der Waals surface area contributed by atoms with Crippen molar-refractivity contribution in [2.45, 2.75) is 32.2 Å². The highest BCUT2D eigenvalue weighted by molar-refractivity contribution is 7.16. The van der Waals surface area contributed by atoms with Crippen LogP contribution in [0.3, 0.4) is 0 Å². The van der Waals surface area contributed by atoms with Crippen LogP contribution in [0.1, 0.15) is 44.8 Å². The van der Waals surface area contributed by atoms with Crippen LogP contribution in [-0.2, 0) is 19.4 Å². The largest absolute Gasteiger partial charge is 0.454 e. The van der Waals surface area contributed by atoms with Crippen LogP contribution in [0.5, 0.6) is 11.5 Å². The second-order valence-electron chi connectivity index (χ2n) is 7.43. The number of ether oxygens (including phenoxy) is 2. The molecule has 0 bridgehead atoms. The smallest absolute Gasteiger partial charge is 0.254 e. The third-order valence-electron chi connectivity index (χ3n) is 5.40. The molecule has 0 saturated heterocycles. The summed E-state index contributed by atoms with van der Waals surface area (Å²) in [5.74, 6) is 1.43. The van der Waals surface area contributed by atoms with Gasteiger partial charge in [-0.1, -0.05) is 30.3 Å². The van der Waals surface area contributed by atoms with Gasteiger partial charge in [0.25, 0.3) is 5.91 Å². The Bertz CT molecular complexity index is 1110. The number of nitrogens with one attached hydrogen (secondary N) is 1. The van der Waals surface area contributed by atoms with Crippen molar-refractivity contribution in [3.05, 3.63) is 75.7 Å². The van der Waals surface area contributed by atoms with E-state index < -0.39 is 0 Å². The van der Waals surface area contributed by atoms with Gasteiger partial charge in [0, 0.05) is 17.6 Å². The molecule has 6 heteroatoms. The second-order valence-corrected chi connectivity index (χ2v) is 8.51. The highest BCUT2D eigenvalue weighted by Gasteiger charge is 2.25. The lowest BCUT2D eigenvalue weighted by Crippen LogP contribution is -2.24. The fourth-order valence-electron chi connectivity index (χ4n) is 3.87. The minimum atomic E-state index is -0.0453. The van der Waals surface area contributed by atoms with E-state index >= 15 is 0 Å². The minimum absolute atomic E-state index is 0.0453. The van der Waals surface area contributed by atoms with Gasteiger partial charge in [-0.2, -0.15) is 0 Å². The number of benzene rings is 2. The molecule has 1 amide bonds. The average molecular weight is 419 g/mol. The number of aliphatic imine (C=N–C) groups is 1. The molecule has 5 rings (SSSR count). The molecule has 2 aliphatic rings. The molecule has 0 unspecified atom stereocenters. The van der Waals surface area contributed by atoms with Crippen LogP contribution in [0, 0.1) is 0 Å². The van der Waals surface area contributed by atoms with Gasteiger partial charge >= 0.3 is 0 Å². The van der Waals surface area contributed by atoms with Crippen LogP contribution in [0.15, 0.2) is 53.5 Å². The van der Waals surface area contributed by atoms with Crippen molar-refractivity contribution in [1.82, 2.24) is 5.32 Å². The third kappa shape index (κ3) is 3.83. The summed E-state index contributed by atoms with van der Waals surface area (Å²) in [5, 5.41) is 3.86. The highest BCUT2D eigenvalue weighted by atomic mass is 32.1. The first kappa shape index (κ1) is 18.9. The quantitative estimate of drug-likeness (QED) is 0.591. The van der Waals surface area contributed by atoms with E-state index in [1.807, 2.05) is 48.5 Å².